The van der Waals surface area contributed by atoms with Crippen LogP contribution in [0.5, 0.6) is 0 Å². The van der Waals surface area contributed by atoms with E-state index in [4.69, 9.17) is 5.11 Å². The first-order valence-electron chi connectivity index (χ1n) is 6.68. The van der Waals surface area contributed by atoms with E-state index >= 15 is 0 Å². The summed E-state index contributed by atoms with van der Waals surface area (Å²) in [6, 6.07) is 11.5. The van der Waals surface area contributed by atoms with E-state index in [0.717, 1.165) is 16.6 Å². The van der Waals surface area contributed by atoms with Crippen molar-refractivity contribution in [1.29, 1.82) is 0 Å². The van der Waals surface area contributed by atoms with Crippen LogP contribution in [0.1, 0.15) is 19.0 Å². The van der Waals surface area contributed by atoms with Crippen molar-refractivity contribution in [3.05, 3.63) is 48.2 Å². The van der Waals surface area contributed by atoms with Crippen LogP contribution in [0, 0.1) is 0 Å². The predicted octanol–water partition coefficient (Wildman–Crippen LogP) is 2.14. The van der Waals surface area contributed by atoms with Crippen molar-refractivity contribution in [1.82, 2.24) is 10.3 Å². The van der Waals surface area contributed by atoms with Gasteiger partial charge in [0.05, 0.1) is 23.9 Å². The quantitative estimate of drug-likeness (QED) is 0.818. The number of nitrogens with one attached hydrogen (secondary N) is 1. The van der Waals surface area contributed by atoms with Crippen LogP contribution in [0.4, 0.5) is 0 Å². The number of amides is 1. The van der Waals surface area contributed by atoms with E-state index < -0.39 is 0 Å². The van der Waals surface area contributed by atoms with Crippen LogP contribution in [0.2, 0.25) is 0 Å². The predicted molar refractivity (Wildman–Crippen MR) is 80.1 cm³/mol. The minimum atomic E-state index is -0.221. The van der Waals surface area contributed by atoms with E-state index in [1.807, 2.05) is 43.3 Å². The highest BCUT2D eigenvalue weighted by atomic mass is 16.3. The number of aromatic nitrogens is 1. The number of nitrogens with zero attached hydrogens (tertiary/aromatic N) is 1. The zero-order valence-electron chi connectivity index (χ0n) is 11.4. The molecule has 0 fully saturated rings. The third-order valence-electron chi connectivity index (χ3n) is 3.08. The Labute approximate surface area is 118 Å². The van der Waals surface area contributed by atoms with E-state index in [2.05, 4.69) is 10.3 Å². The van der Waals surface area contributed by atoms with Gasteiger partial charge in [-0.2, -0.15) is 0 Å². The van der Waals surface area contributed by atoms with E-state index in [0.29, 0.717) is 6.42 Å². The van der Waals surface area contributed by atoms with Gasteiger partial charge in [0.1, 0.15) is 0 Å². The average Bonchev–Trinajstić information content (AvgIpc) is 2.50. The summed E-state index contributed by atoms with van der Waals surface area (Å²) >= 11 is 0. The van der Waals surface area contributed by atoms with Crippen LogP contribution in [-0.2, 0) is 4.79 Å². The molecule has 1 unspecified atom stereocenters. The highest BCUT2D eigenvalue weighted by Crippen LogP contribution is 2.12. The first-order valence-corrected chi connectivity index (χ1v) is 6.68. The smallest absolute Gasteiger partial charge is 0.244 e. The molecule has 2 rings (SSSR count). The molecule has 1 aromatic heterocycles. The lowest BCUT2D eigenvalue weighted by Crippen LogP contribution is -2.35. The highest BCUT2D eigenvalue weighted by Gasteiger charge is 2.06. The van der Waals surface area contributed by atoms with Crippen molar-refractivity contribution in [3.8, 4) is 0 Å². The molecule has 104 valence electrons. The van der Waals surface area contributed by atoms with Gasteiger partial charge < -0.3 is 10.4 Å². The molecular weight excluding hydrogens is 252 g/mol. The lowest BCUT2D eigenvalue weighted by Gasteiger charge is -2.11. The summed E-state index contributed by atoms with van der Waals surface area (Å²) in [6.45, 7) is 1.86. The molecule has 1 heterocycles. The first kappa shape index (κ1) is 14.2. The Balaban J connectivity index is 2.07. The molecule has 20 heavy (non-hydrogen) atoms. The molecule has 0 spiro atoms. The second-order valence-corrected chi connectivity index (χ2v) is 4.56. The van der Waals surface area contributed by atoms with Crippen LogP contribution in [0.25, 0.3) is 17.0 Å². The summed E-state index contributed by atoms with van der Waals surface area (Å²) < 4.78 is 0. The molecule has 0 bridgehead atoms. The maximum atomic E-state index is 11.7. The van der Waals surface area contributed by atoms with E-state index in [9.17, 15) is 4.79 Å². The van der Waals surface area contributed by atoms with Gasteiger partial charge in [-0.25, -0.2) is 4.98 Å². The van der Waals surface area contributed by atoms with Gasteiger partial charge in [0.15, 0.2) is 0 Å². The Kier molecular flexibility index (Phi) is 4.85. The average molecular weight is 270 g/mol. The van der Waals surface area contributed by atoms with Crippen LogP contribution < -0.4 is 5.32 Å². The Morgan fingerprint density at radius 2 is 2.15 bits per heavy atom. The number of para-hydroxylation sites is 1. The normalized spacial score (nSPS) is 12.7. The Morgan fingerprint density at radius 3 is 2.90 bits per heavy atom. The van der Waals surface area contributed by atoms with Crippen molar-refractivity contribution < 1.29 is 9.90 Å². The summed E-state index contributed by atoms with van der Waals surface area (Å²) in [4.78, 5) is 16.1. The molecule has 2 N–H and O–H groups in total. The van der Waals surface area contributed by atoms with Crippen molar-refractivity contribution in [2.75, 3.05) is 6.61 Å². The second kappa shape index (κ2) is 6.82. The lowest BCUT2D eigenvalue weighted by molar-refractivity contribution is -0.117. The van der Waals surface area contributed by atoms with E-state index in [1.165, 1.54) is 6.08 Å². The highest BCUT2D eigenvalue weighted by molar-refractivity contribution is 5.92. The fourth-order valence-electron chi connectivity index (χ4n) is 1.86. The molecule has 0 saturated heterocycles. The number of rotatable bonds is 5. The molecule has 0 radical (unpaired) electrons. The second-order valence-electron chi connectivity index (χ2n) is 4.56. The van der Waals surface area contributed by atoms with E-state index in [-0.39, 0.29) is 18.6 Å². The Morgan fingerprint density at radius 1 is 1.35 bits per heavy atom. The van der Waals surface area contributed by atoms with Crippen molar-refractivity contribution in [2.24, 2.45) is 0 Å². The maximum Gasteiger partial charge on any atom is 0.244 e. The van der Waals surface area contributed by atoms with Gasteiger partial charge in [-0.1, -0.05) is 31.2 Å². The van der Waals surface area contributed by atoms with Gasteiger partial charge in [0, 0.05) is 11.5 Å². The number of carbonyl (C=O) groups is 1. The Hall–Kier alpha value is -2.20. The monoisotopic (exact) mass is 270 g/mol. The number of pyridine rings is 1. The summed E-state index contributed by atoms with van der Waals surface area (Å²) in [5.74, 6) is -0.221. The topological polar surface area (TPSA) is 62.2 Å². The third-order valence-corrected chi connectivity index (χ3v) is 3.08. The van der Waals surface area contributed by atoms with Gasteiger partial charge in [-0.05, 0) is 24.6 Å². The molecule has 1 amide bonds. The zero-order chi connectivity index (χ0) is 14.4. The number of aliphatic hydroxyl groups excluding tert-OH is 1. The summed E-state index contributed by atoms with van der Waals surface area (Å²) in [7, 11) is 0. The summed E-state index contributed by atoms with van der Waals surface area (Å²) in [5.41, 5.74) is 1.63. The molecule has 0 aliphatic carbocycles. The van der Waals surface area contributed by atoms with Gasteiger partial charge in [0.2, 0.25) is 5.91 Å². The SMILES string of the molecule is CCC(CO)NC(=O)/C=C/c1ccc2ccccc2n1. The molecule has 1 aromatic carbocycles. The number of hydrogen-bond acceptors (Lipinski definition) is 3. The minimum absolute atomic E-state index is 0.0513. The fraction of sp³-hybridized carbons (Fsp3) is 0.250. The number of benzene rings is 1. The maximum absolute atomic E-state index is 11.7. The number of carbonyl (C=O) groups excluding carboxylic acids is 1. The lowest BCUT2D eigenvalue weighted by atomic mass is 10.2. The molecule has 4 heteroatoms. The first-order chi connectivity index (χ1) is 9.72. The molecule has 0 aliphatic heterocycles. The number of hydrogen-bond donors (Lipinski definition) is 2. The molecular formula is C16H18N2O2. The van der Waals surface area contributed by atoms with Crippen LogP contribution in [0.15, 0.2) is 42.5 Å². The van der Waals surface area contributed by atoms with Gasteiger partial charge in [-0.3, -0.25) is 4.79 Å². The van der Waals surface area contributed by atoms with Crippen LogP contribution >= 0.6 is 0 Å². The Bertz CT molecular complexity index is 619. The van der Waals surface area contributed by atoms with Gasteiger partial charge in [0.25, 0.3) is 0 Å². The third kappa shape index (κ3) is 3.65. The van der Waals surface area contributed by atoms with Crippen LogP contribution in [-0.4, -0.2) is 28.6 Å². The molecule has 0 saturated carbocycles. The summed E-state index contributed by atoms with van der Waals surface area (Å²) in [5, 5.41) is 12.8. The summed E-state index contributed by atoms with van der Waals surface area (Å²) in [6.07, 6.45) is 3.81. The van der Waals surface area contributed by atoms with Gasteiger partial charge >= 0.3 is 0 Å². The zero-order valence-corrected chi connectivity index (χ0v) is 11.4. The van der Waals surface area contributed by atoms with Gasteiger partial charge in [-0.15, -0.1) is 0 Å². The number of aliphatic hydroxyl groups is 1. The molecule has 1 atom stereocenters. The minimum Gasteiger partial charge on any atom is -0.394 e. The fourth-order valence-corrected chi connectivity index (χ4v) is 1.86. The van der Waals surface area contributed by atoms with Crippen LogP contribution in [0.3, 0.4) is 0 Å². The molecule has 2 aromatic rings. The standard InChI is InChI=1S/C16H18N2O2/c1-2-13(11-19)18-16(20)10-9-14-8-7-12-5-3-4-6-15(12)17-14/h3-10,13,19H,2,11H2,1H3,(H,18,20)/b10-9+. The molecule has 4 nitrogen and oxygen atoms in total. The van der Waals surface area contributed by atoms with Crippen molar-refractivity contribution in [3.63, 3.8) is 0 Å². The molecule has 0 aliphatic rings. The largest absolute Gasteiger partial charge is 0.394 e. The van der Waals surface area contributed by atoms with Crippen molar-refractivity contribution >= 4 is 22.9 Å². The number of fused-ring (bicyclic) bond motifs is 1. The van der Waals surface area contributed by atoms with E-state index in [1.54, 1.807) is 6.08 Å². The van der Waals surface area contributed by atoms with Crippen molar-refractivity contribution in [2.45, 2.75) is 19.4 Å².